The van der Waals surface area contributed by atoms with E-state index >= 15 is 0 Å². The van der Waals surface area contributed by atoms with E-state index in [2.05, 4.69) is 24.5 Å². The van der Waals surface area contributed by atoms with Crippen LogP contribution in [0.3, 0.4) is 0 Å². The molecule has 3 aromatic carbocycles. The normalized spacial score (nSPS) is 11.6. The summed E-state index contributed by atoms with van der Waals surface area (Å²) in [5.41, 5.74) is 8.98. The number of benzene rings is 3. The molecule has 1 atom stereocenters. The molecule has 0 saturated heterocycles. The minimum Gasteiger partial charge on any atom is -0.457 e. The zero-order chi connectivity index (χ0) is 23.1. The van der Waals surface area contributed by atoms with Crippen LogP contribution in [-0.2, 0) is 4.79 Å². The Morgan fingerprint density at radius 3 is 2.31 bits per heavy atom. The SMILES string of the molecule is Cc1cccc(C(C)C)c1NC(=O)CC(NC(N)=O)c1cccc(Oc2ccccc2)c1. The van der Waals surface area contributed by atoms with E-state index in [1.807, 2.05) is 73.7 Å². The van der Waals surface area contributed by atoms with Gasteiger partial charge in [0.05, 0.1) is 12.5 Å². The monoisotopic (exact) mass is 431 g/mol. The van der Waals surface area contributed by atoms with Crippen molar-refractivity contribution in [2.24, 2.45) is 5.73 Å². The smallest absolute Gasteiger partial charge is 0.312 e. The summed E-state index contributed by atoms with van der Waals surface area (Å²) >= 11 is 0. The van der Waals surface area contributed by atoms with Crippen LogP contribution in [0.2, 0.25) is 0 Å². The number of primary amides is 1. The van der Waals surface area contributed by atoms with E-state index in [-0.39, 0.29) is 18.2 Å². The summed E-state index contributed by atoms with van der Waals surface area (Å²) in [6.07, 6.45) is 0.0313. The van der Waals surface area contributed by atoms with Crippen LogP contribution in [0.4, 0.5) is 10.5 Å². The average molecular weight is 432 g/mol. The Morgan fingerprint density at radius 2 is 1.62 bits per heavy atom. The summed E-state index contributed by atoms with van der Waals surface area (Å²) in [6.45, 7) is 6.13. The molecule has 0 aliphatic heterocycles. The molecule has 166 valence electrons. The van der Waals surface area contributed by atoms with Gasteiger partial charge in [-0.1, -0.05) is 62.4 Å². The van der Waals surface area contributed by atoms with E-state index in [0.29, 0.717) is 11.5 Å². The van der Waals surface area contributed by atoms with Crippen molar-refractivity contribution < 1.29 is 14.3 Å². The van der Waals surface area contributed by atoms with Crippen LogP contribution < -0.4 is 21.1 Å². The summed E-state index contributed by atoms with van der Waals surface area (Å²) in [6, 6.07) is 21.3. The first-order valence-corrected chi connectivity index (χ1v) is 10.6. The summed E-state index contributed by atoms with van der Waals surface area (Å²) in [4.78, 5) is 24.6. The predicted molar refractivity (Wildman–Crippen MR) is 127 cm³/mol. The van der Waals surface area contributed by atoms with Gasteiger partial charge in [0, 0.05) is 5.69 Å². The number of ether oxygens (including phenoxy) is 1. The molecular formula is C26H29N3O3. The third kappa shape index (κ3) is 6.11. The van der Waals surface area contributed by atoms with Crippen molar-refractivity contribution in [3.63, 3.8) is 0 Å². The molecule has 0 aliphatic carbocycles. The molecule has 3 rings (SSSR count). The fraction of sp³-hybridized carbons (Fsp3) is 0.231. The van der Waals surface area contributed by atoms with Gasteiger partial charge < -0.3 is 21.1 Å². The highest BCUT2D eigenvalue weighted by Gasteiger charge is 2.20. The van der Waals surface area contributed by atoms with Crippen LogP contribution in [0.1, 0.15) is 48.9 Å². The van der Waals surface area contributed by atoms with Gasteiger partial charge >= 0.3 is 6.03 Å². The predicted octanol–water partition coefficient (Wildman–Crippen LogP) is 5.65. The third-order valence-electron chi connectivity index (χ3n) is 5.14. The Hall–Kier alpha value is -3.80. The van der Waals surface area contributed by atoms with E-state index in [4.69, 9.17) is 10.5 Å². The Morgan fingerprint density at radius 1 is 0.938 bits per heavy atom. The lowest BCUT2D eigenvalue weighted by atomic mass is 9.97. The molecule has 0 spiro atoms. The number of rotatable bonds is 8. The Bertz CT molecular complexity index is 1080. The van der Waals surface area contributed by atoms with Gasteiger partial charge in [0.1, 0.15) is 11.5 Å². The quantitative estimate of drug-likeness (QED) is 0.430. The Kier molecular flexibility index (Phi) is 7.49. The van der Waals surface area contributed by atoms with Gasteiger partial charge in [-0.3, -0.25) is 4.79 Å². The van der Waals surface area contributed by atoms with Crippen molar-refractivity contribution in [2.45, 2.75) is 39.2 Å². The van der Waals surface area contributed by atoms with Gasteiger partial charge in [-0.25, -0.2) is 4.79 Å². The fourth-order valence-electron chi connectivity index (χ4n) is 3.56. The van der Waals surface area contributed by atoms with E-state index in [1.54, 1.807) is 6.07 Å². The van der Waals surface area contributed by atoms with Crippen molar-refractivity contribution in [1.82, 2.24) is 5.32 Å². The first kappa shape index (κ1) is 22.9. The van der Waals surface area contributed by atoms with E-state index in [0.717, 1.165) is 22.4 Å². The Balaban J connectivity index is 1.80. The number of carbonyl (C=O) groups excluding carboxylic acids is 2. The number of urea groups is 1. The zero-order valence-corrected chi connectivity index (χ0v) is 18.6. The molecule has 0 heterocycles. The number of amides is 3. The van der Waals surface area contributed by atoms with Gasteiger partial charge in [0.25, 0.3) is 0 Å². The number of hydrogen-bond donors (Lipinski definition) is 3. The lowest BCUT2D eigenvalue weighted by Crippen LogP contribution is -2.35. The highest BCUT2D eigenvalue weighted by atomic mass is 16.5. The van der Waals surface area contributed by atoms with Crippen LogP contribution in [0.5, 0.6) is 11.5 Å². The largest absolute Gasteiger partial charge is 0.457 e. The maximum absolute atomic E-state index is 12.9. The molecule has 0 aromatic heterocycles. The first-order chi connectivity index (χ1) is 15.3. The highest BCUT2D eigenvalue weighted by Crippen LogP contribution is 2.29. The minimum atomic E-state index is -0.698. The molecule has 3 aromatic rings. The number of nitrogens with two attached hydrogens (primary N) is 1. The summed E-state index contributed by atoms with van der Waals surface area (Å²) < 4.78 is 5.89. The summed E-state index contributed by atoms with van der Waals surface area (Å²) in [5, 5.41) is 5.70. The number of nitrogens with one attached hydrogen (secondary N) is 2. The van der Waals surface area contributed by atoms with Crippen LogP contribution in [0.25, 0.3) is 0 Å². The number of carbonyl (C=O) groups is 2. The van der Waals surface area contributed by atoms with Crippen molar-refractivity contribution in [1.29, 1.82) is 0 Å². The number of aryl methyl sites for hydroxylation is 1. The molecule has 1 unspecified atom stereocenters. The fourth-order valence-corrected chi connectivity index (χ4v) is 3.56. The van der Waals surface area contributed by atoms with Crippen molar-refractivity contribution in [3.8, 4) is 11.5 Å². The van der Waals surface area contributed by atoms with Gasteiger partial charge in [0.2, 0.25) is 5.91 Å². The second-order valence-electron chi connectivity index (χ2n) is 7.99. The summed E-state index contributed by atoms with van der Waals surface area (Å²) in [7, 11) is 0. The van der Waals surface area contributed by atoms with Crippen LogP contribution >= 0.6 is 0 Å². The molecule has 3 amide bonds. The van der Waals surface area contributed by atoms with Crippen LogP contribution in [-0.4, -0.2) is 11.9 Å². The van der Waals surface area contributed by atoms with Gasteiger partial charge in [-0.05, 0) is 53.8 Å². The highest BCUT2D eigenvalue weighted by molar-refractivity contribution is 5.93. The number of anilines is 1. The summed E-state index contributed by atoms with van der Waals surface area (Å²) in [5.74, 6) is 1.35. The lowest BCUT2D eigenvalue weighted by molar-refractivity contribution is -0.116. The zero-order valence-electron chi connectivity index (χ0n) is 18.6. The van der Waals surface area contributed by atoms with E-state index < -0.39 is 12.1 Å². The number of hydrogen-bond acceptors (Lipinski definition) is 3. The second kappa shape index (κ2) is 10.5. The average Bonchev–Trinajstić information content (AvgIpc) is 2.75. The van der Waals surface area contributed by atoms with E-state index in [9.17, 15) is 9.59 Å². The van der Waals surface area contributed by atoms with Crippen molar-refractivity contribution in [3.05, 3.63) is 89.5 Å². The third-order valence-corrected chi connectivity index (χ3v) is 5.14. The Labute approximate surface area is 188 Å². The standard InChI is InChI=1S/C26H29N3O3/c1-17(2)22-14-7-9-18(3)25(22)29-24(30)16-23(28-26(27)31)19-10-8-13-21(15-19)32-20-11-5-4-6-12-20/h4-15,17,23H,16H2,1-3H3,(H,29,30)(H3,27,28,31). The lowest BCUT2D eigenvalue weighted by Gasteiger charge is -2.21. The van der Waals surface area contributed by atoms with Crippen molar-refractivity contribution in [2.75, 3.05) is 5.32 Å². The van der Waals surface area contributed by atoms with Crippen LogP contribution in [0, 0.1) is 6.92 Å². The van der Waals surface area contributed by atoms with Crippen molar-refractivity contribution >= 4 is 17.6 Å². The maximum Gasteiger partial charge on any atom is 0.312 e. The molecular weight excluding hydrogens is 402 g/mol. The molecule has 4 N–H and O–H groups in total. The first-order valence-electron chi connectivity index (χ1n) is 10.6. The molecule has 0 bridgehead atoms. The number of para-hydroxylation sites is 2. The molecule has 6 nitrogen and oxygen atoms in total. The van der Waals surface area contributed by atoms with Gasteiger partial charge in [0.15, 0.2) is 0 Å². The minimum absolute atomic E-state index is 0.0313. The second-order valence-corrected chi connectivity index (χ2v) is 7.99. The maximum atomic E-state index is 12.9. The van der Waals surface area contributed by atoms with Gasteiger partial charge in [-0.15, -0.1) is 0 Å². The van der Waals surface area contributed by atoms with E-state index in [1.165, 1.54) is 0 Å². The molecule has 0 radical (unpaired) electrons. The van der Waals surface area contributed by atoms with Crippen LogP contribution in [0.15, 0.2) is 72.8 Å². The molecule has 6 heteroatoms. The molecule has 0 saturated carbocycles. The topological polar surface area (TPSA) is 93.5 Å². The van der Waals surface area contributed by atoms with Gasteiger partial charge in [-0.2, -0.15) is 0 Å². The molecule has 32 heavy (non-hydrogen) atoms. The molecule has 0 fully saturated rings. The molecule has 0 aliphatic rings.